The quantitative estimate of drug-likeness (QED) is 0.640. The van der Waals surface area contributed by atoms with Crippen LogP contribution < -0.4 is 10.1 Å². The Bertz CT molecular complexity index is 481. The van der Waals surface area contributed by atoms with Gasteiger partial charge < -0.3 is 14.8 Å². The lowest BCUT2D eigenvalue weighted by atomic mass is 10.0. The Hall–Kier alpha value is -2.04. The molecule has 1 saturated heterocycles. The van der Waals surface area contributed by atoms with Crippen LogP contribution in [0, 0.1) is 0 Å². The molecule has 1 aliphatic rings. The van der Waals surface area contributed by atoms with Crippen LogP contribution in [-0.4, -0.2) is 24.2 Å². The van der Waals surface area contributed by atoms with Gasteiger partial charge in [0.05, 0.1) is 6.10 Å². The normalized spacial score (nSPS) is 18.1. The minimum Gasteiger partial charge on any atom is -0.491 e. The molecular weight excluding hydrogens is 258 g/mol. The molecule has 0 aliphatic carbocycles. The molecule has 20 heavy (non-hydrogen) atoms. The van der Waals surface area contributed by atoms with E-state index in [9.17, 15) is 9.59 Å². The van der Waals surface area contributed by atoms with Crippen molar-refractivity contribution in [1.82, 2.24) is 5.32 Å². The Morgan fingerprint density at radius 3 is 2.50 bits per heavy atom. The van der Waals surface area contributed by atoms with E-state index < -0.39 is 18.1 Å². The largest absolute Gasteiger partial charge is 0.491 e. The van der Waals surface area contributed by atoms with E-state index in [4.69, 9.17) is 4.74 Å². The van der Waals surface area contributed by atoms with Gasteiger partial charge in [-0.3, -0.25) is 0 Å². The maximum Gasteiger partial charge on any atom is 0.415 e. The third-order valence-electron chi connectivity index (χ3n) is 3.02. The van der Waals surface area contributed by atoms with Crippen LogP contribution in [0.4, 0.5) is 4.79 Å². The zero-order valence-electron chi connectivity index (χ0n) is 11.7. The highest BCUT2D eigenvalue weighted by Gasteiger charge is 2.31. The van der Waals surface area contributed by atoms with Gasteiger partial charge >= 0.3 is 12.1 Å². The molecule has 5 heteroatoms. The van der Waals surface area contributed by atoms with E-state index in [2.05, 4.69) is 10.1 Å². The van der Waals surface area contributed by atoms with Crippen LogP contribution in [0.25, 0.3) is 0 Å². The molecule has 2 rings (SSSR count). The van der Waals surface area contributed by atoms with Crippen molar-refractivity contribution in [2.45, 2.75) is 45.3 Å². The predicted octanol–water partition coefficient (Wildman–Crippen LogP) is 2.43. The molecular formula is C15H19NO4. The molecule has 0 radical (unpaired) electrons. The average Bonchev–Trinajstić information content (AvgIpc) is 2.69. The Kier molecular flexibility index (Phi) is 4.61. The molecule has 1 aromatic rings. The maximum absolute atomic E-state index is 11.3. The van der Waals surface area contributed by atoms with Crippen molar-refractivity contribution in [2.75, 3.05) is 0 Å². The number of ether oxygens (including phenoxy) is 2. The molecule has 1 amide bonds. The maximum atomic E-state index is 11.3. The summed E-state index contributed by atoms with van der Waals surface area (Å²) in [6.45, 7) is 3.98. The third-order valence-corrected chi connectivity index (χ3v) is 3.02. The number of aryl methyl sites for hydroxylation is 1. The topological polar surface area (TPSA) is 64.6 Å². The van der Waals surface area contributed by atoms with Crippen molar-refractivity contribution >= 4 is 12.1 Å². The van der Waals surface area contributed by atoms with Gasteiger partial charge in [0.1, 0.15) is 11.8 Å². The van der Waals surface area contributed by atoms with E-state index >= 15 is 0 Å². The second-order valence-electron chi connectivity index (χ2n) is 5.11. The van der Waals surface area contributed by atoms with Gasteiger partial charge in [-0.05, 0) is 50.8 Å². The van der Waals surface area contributed by atoms with E-state index in [1.807, 2.05) is 38.1 Å². The first-order valence-corrected chi connectivity index (χ1v) is 6.82. The molecule has 1 heterocycles. The summed E-state index contributed by atoms with van der Waals surface area (Å²) >= 11 is 0. The number of nitrogens with one attached hydrogen (secondary N) is 1. The third kappa shape index (κ3) is 3.98. The average molecular weight is 277 g/mol. The van der Waals surface area contributed by atoms with Crippen LogP contribution in [0.2, 0.25) is 0 Å². The number of hydrogen-bond donors (Lipinski definition) is 1. The Balaban J connectivity index is 1.77. The number of amides is 1. The van der Waals surface area contributed by atoms with E-state index in [0.29, 0.717) is 6.42 Å². The van der Waals surface area contributed by atoms with Gasteiger partial charge in [-0.15, -0.1) is 0 Å². The zero-order chi connectivity index (χ0) is 14.5. The van der Waals surface area contributed by atoms with Crippen LogP contribution in [0.3, 0.4) is 0 Å². The molecule has 1 fully saturated rings. The minimum atomic E-state index is -0.643. The highest BCUT2D eigenvalue weighted by molar-refractivity contribution is 5.95. The number of hydrogen-bond acceptors (Lipinski definition) is 4. The molecule has 0 bridgehead atoms. The summed E-state index contributed by atoms with van der Waals surface area (Å²) in [5.41, 5.74) is 1.18. The lowest BCUT2D eigenvalue weighted by molar-refractivity contribution is -0.135. The second-order valence-corrected chi connectivity index (χ2v) is 5.11. The van der Waals surface area contributed by atoms with Crippen LogP contribution in [0.5, 0.6) is 5.75 Å². The molecule has 1 aromatic carbocycles. The number of esters is 1. The van der Waals surface area contributed by atoms with E-state index in [0.717, 1.165) is 18.6 Å². The van der Waals surface area contributed by atoms with Crippen molar-refractivity contribution < 1.29 is 19.1 Å². The molecule has 1 aliphatic heterocycles. The van der Waals surface area contributed by atoms with Crippen molar-refractivity contribution in [3.63, 3.8) is 0 Å². The molecule has 0 aromatic heterocycles. The number of cyclic esters (lactones) is 2. The van der Waals surface area contributed by atoms with E-state index in [-0.39, 0.29) is 6.10 Å². The number of alkyl carbamates (subject to hydrolysis) is 1. The SMILES string of the molecule is CC(C)Oc1ccc(CCCC2NC(=O)OC2=O)cc1. The molecule has 1 N–H and O–H groups in total. The van der Waals surface area contributed by atoms with E-state index in [1.165, 1.54) is 5.56 Å². The number of carbonyl (C=O) groups excluding carboxylic acids is 2. The van der Waals surface area contributed by atoms with Crippen molar-refractivity contribution in [3.05, 3.63) is 29.8 Å². The smallest absolute Gasteiger partial charge is 0.415 e. The first kappa shape index (κ1) is 14.4. The molecule has 1 atom stereocenters. The fraction of sp³-hybridized carbons (Fsp3) is 0.467. The highest BCUT2D eigenvalue weighted by Crippen LogP contribution is 2.16. The summed E-state index contributed by atoms with van der Waals surface area (Å²) in [6.07, 6.45) is 1.77. The number of benzene rings is 1. The summed E-state index contributed by atoms with van der Waals surface area (Å²) in [4.78, 5) is 22.1. The molecule has 5 nitrogen and oxygen atoms in total. The van der Waals surface area contributed by atoms with Gasteiger partial charge in [0.2, 0.25) is 0 Å². The number of carbonyl (C=O) groups is 2. The van der Waals surface area contributed by atoms with Gasteiger partial charge in [-0.1, -0.05) is 12.1 Å². The van der Waals surface area contributed by atoms with Crippen LogP contribution in [-0.2, 0) is 16.0 Å². The van der Waals surface area contributed by atoms with E-state index in [1.54, 1.807) is 0 Å². The van der Waals surface area contributed by atoms with Crippen molar-refractivity contribution in [1.29, 1.82) is 0 Å². The lowest BCUT2D eigenvalue weighted by Crippen LogP contribution is -2.28. The van der Waals surface area contributed by atoms with Crippen LogP contribution >= 0.6 is 0 Å². The van der Waals surface area contributed by atoms with Gasteiger partial charge in [-0.25, -0.2) is 9.59 Å². The first-order chi connectivity index (χ1) is 9.54. The highest BCUT2D eigenvalue weighted by atomic mass is 16.6. The summed E-state index contributed by atoms with van der Waals surface area (Å²) < 4.78 is 10.00. The minimum absolute atomic E-state index is 0.165. The summed E-state index contributed by atoms with van der Waals surface area (Å²) in [7, 11) is 0. The Labute approximate surface area is 118 Å². The molecule has 108 valence electrons. The lowest BCUT2D eigenvalue weighted by Gasteiger charge is -2.10. The summed E-state index contributed by atoms with van der Waals surface area (Å²) in [5.74, 6) is 0.381. The van der Waals surface area contributed by atoms with Crippen molar-refractivity contribution in [2.24, 2.45) is 0 Å². The predicted molar refractivity (Wildman–Crippen MR) is 73.6 cm³/mol. The number of rotatable bonds is 6. The van der Waals surface area contributed by atoms with Crippen LogP contribution in [0.15, 0.2) is 24.3 Å². The molecule has 1 unspecified atom stereocenters. The summed E-state index contributed by atoms with van der Waals surface area (Å²) in [6, 6.07) is 7.43. The van der Waals surface area contributed by atoms with Crippen molar-refractivity contribution in [3.8, 4) is 5.75 Å². The summed E-state index contributed by atoms with van der Waals surface area (Å²) in [5, 5.41) is 2.49. The van der Waals surface area contributed by atoms with Gasteiger partial charge in [0, 0.05) is 0 Å². The second kappa shape index (κ2) is 6.41. The fourth-order valence-corrected chi connectivity index (χ4v) is 2.10. The van der Waals surface area contributed by atoms with Gasteiger partial charge in [-0.2, -0.15) is 0 Å². The zero-order valence-corrected chi connectivity index (χ0v) is 11.7. The standard InChI is InChI=1S/C15H19NO4/c1-10(2)19-12-8-6-11(7-9-12)4-3-5-13-14(17)20-15(18)16-13/h6-10,13H,3-5H2,1-2H3,(H,16,18). The Morgan fingerprint density at radius 1 is 1.25 bits per heavy atom. The van der Waals surface area contributed by atoms with Gasteiger partial charge in [0.25, 0.3) is 0 Å². The molecule has 0 spiro atoms. The Morgan fingerprint density at radius 2 is 1.95 bits per heavy atom. The fourth-order valence-electron chi connectivity index (χ4n) is 2.10. The van der Waals surface area contributed by atoms with Gasteiger partial charge in [0.15, 0.2) is 0 Å². The first-order valence-electron chi connectivity index (χ1n) is 6.82. The molecule has 0 saturated carbocycles. The van der Waals surface area contributed by atoms with Crippen LogP contribution in [0.1, 0.15) is 32.3 Å². The monoisotopic (exact) mass is 277 g/mol.